The Bertz CT molecular complexity index is 578. The van der Waals surface area contributed by atoms with Gasteiger partial charge in [0, 0.05) is 11.7 Å². The molecule has 0 aliphatic carbocycles. The summed E-state index contributed by atoms with van der Waals surface area (Å²) in [6.45, 7) is 8.72. The van der Waals surface area contributed by atoms with E-state index in [0.29, 0.717) is 16.7 Å². The largest absolute Gasteiger partial charge is 0.364 e. The molecule has 0 aliphatic rings. The number of hydrogen-bond acceptors (Lipinski definition) is 4. The molecule has 2 aromatic heterocycles. The average Bonchev–Trinajstić information content (AvgIpc) is 2.62. The van der Waals surface area contributed by atoms with Crippen molar-refractivity contribution in [3.05, 3.63) is 34.5 Å². The molecule has 0 aromatic carbocycles. The summed E-state index contributed by atoms with van der Waals surface area (Å²) in [6.07, 6.45) is 1.61. The van der Waals surface area contributed by atoms with Crippen LogP contribution >= 0.6 is 11.6 Å². The first-order chi connectivity index (χ1) is 8.95. The van der Waals surface area contributed by atoms with E-state index in [2.05, 4.69) is 40.3 Å². The van der Waals surface area contributed by atoms with Crippen LogP contribution in [0.5, 0.6) is 0 Å². The van der Waals surface area contributed by atoms with E-state index in [4.69, 9.17) is 11.6 Å². The maximum atomic E-state index is 6.07. The molecule has 19 heavy (non-hydrogen) atoms. The lowest BCUT2D eigenvalue weighted by Gasteiger charge is -2.16. The second-order valence-corrected chi connectivity index (χ2v) is 5.18. The first kappa shape index (κ1) is 13.8. The normalized spacial score (nSPS) is 12.5. The fourth-order valence-corrected chi connectivity index (χ4v) is 2.10. The molecule has 0 radical (unpaired) electrons. The Kier molecular flexibility index (Phi) is 4.04. The van der Waals surface area contributed by atoms with Crippen molar-refractivity contribution in [3.8, 4) is 0 Å². The summed E-state index contributed by atoms with van der Waals surface area (Å²) >= 11 is 6.07. The topological polar surface area (TPSA) is 55.6 Å². The average molecular weight is 280 g/mol. The van der Waals surface area contributed by atoms with Crippen molar-refractivity contribution in [2.45, 2.75) is 40.3 Å². The fraction of sp³-hybridized carbons (Fsp3) is 0.462. The molecule has 1 unspecified atom stereocenters. The molecule has 0 bridgehead atoms. The highest BCUT2D eigenvalue weighted by atomic mass is 35.5. The van der Waals surface area contributed by atoms with E-state index in [9.17, 15) is 0 Å². The van der Waals surface area contributed by atoms with Crippen molar-refractivity contribution in [2.75, 3.05) is 5.32 Å². The molecule has 5 nitrogen and oxygen atoms in total. The molecule has 2 aromatic rings. The molecule has 102 valence electrons. The van der Waals surface area contributed by atoms with Crippen LogP contribution in [0, 0.1) is 20.8 Å². The van der Waals surface area contributed by atoms with Gasteiger partial charge in [-0.3, -0.25) is 4.68 Å². The fourth-order valence-electron chi connectivity index (χ4n) is 1.95. The molecule has 0 aliphatic heterocycles. The van der Waals surface area contributed by atoms with Crippen molar-refractivity contribution in [1.29, 1.82) is 0 Å². The van der Waals surface area contributed by atoms with Crippen molar-refractivity contribution in [1.82, 2.24) is 19.7 Å². The Labute approximate surface area is 118 Å². The quantitative estimate of drug-likeness (QED) is 0.935. The highest BCUT2D eigenvalue weighted by Gasteiger charge is 2.10. The molecule has 2 heterocycles. The van der Waals surface area contributed by atoms with Gasteiger partial charge in [0.1, 0.15) is 16.7 Å². The molecule has 6 heteroatoms. The van der Waals surface area contributed by atoms with Gasteiger partial charge in [-0.25, -0.2) is 9.97 Å². The maximum absolute atomic E-state index is 6.07. The first-order valence-electron chi connectivity index (χ1n) is 6.22. The zero-order valence-electron chi connectivity index (χ0n) is 11.6. The van der Waals surface area contributed by atoms with Gasteiger partial charge in [0.05, 0.1) is 18.4 Å². The molecular weight excluding hydrogens is 262 g/mol. The predicted molar refractivity (Wildman–Crippen MR) is 76.6 cm³/mol. The highest BCUT2D eigenvalue weighted by Crippen LogP contribution is 2.18. The number of halogens is 1. The van der Waals surface area contributed by atoms with Crippen LogP contribution in [-0.4, -0.2) is 25.8 Å². The molecule has 0 saturated carbocycles. The van der Waals surface area contributed by atoms with Gasteiger partial charge in [0.25, 0.3) is 0 Å². The number of hydrogen-bond donors (Lipinski definition) is 1. The van der Waals surface area contributed by atoms with Crippen molar-refractivity contribution < 1.29 is 0 Å². The van der Waals surface area contributed by atoms with Crippen molar-refractivity contribution in [3.63, 3.8) is 0 Å². The van der Waals surface area contributed by atoms with Crippen molar-refractivity contribution in [2.24, 2.45) is 0 Å². The van der Waals surface area contributed by atoms with E-state index in [1.807, 2.05) is 18.5 Å². The van der Waals surface area contributed by atoms with Gasteiger partial charge in [-0.15, -0.1) is 0 Å². The summed E-state index contributed by atoms with van der Waals surface area (Å²) in [4.78, 5) is 8.35. The van der Waals surface area contributed by atoms with Crippen LogP contribution < -0.4 is 5.32 Å². The third-order valence-electron chi connectivity index (χ3n) is 2.80. The van der Waals surface area contributed by atoms with E-state index < -0.39 is 0 Å². The summed E-state index contributed by atoms with van der Waals surface area (Å²) < 4.78 is 1.98. The lowest BCUT2D eigenvalue weighted by Crippen LogP contribution is -2.24. The highest BCUT2D eigenvalue weighted by molar-refractivity contribution is 6.32. The van der Waals surface area contributed by atoms with Crippen LogP contribution in [0.1, 0.15) is 24.1 Å². The molecular formula is C13H18ClN5. The van der Waals surface area contributed by atoms with Gasteiger partial charge in [-0.1, -0.05) is 11.6 Å². The standard InChI is InChI=1S/C13H18ClN5/c1-8-5-10(3)19(18-8)7-9(2)16-13-12(14)6-15-11(4)17-13/h5-6,9H,7H2,1-4H3,(H,15,16,17). The van der Waals surface area contributed by atoms with Crippen LogP contribution in [0.3, 0.4) is 0 Å². The second kappa shape index (κ2) is 5.57. The number of anilines is 1. The van der Waals surface area contributed by atoms with Crippen LogP contribution in [0.15, 0.2) is 12.3 Å². The number of aromatic nitrogens is 4. The van der Waals surface area contributed by atoms with Gasteiger partial charge in [0.15, 0.2) is 0 Å². The third kappa shape index (κ3) is 3.44. The SMILES string of the molecule is Cc1cc(C)n(CC(C)Nc2nc(C)ncc2Cl)n1. The van der Waals surface area contributed by atoms with Gasteiger partial charge in [0.2, 0.25) is 0 Å². The van der Waals surface area contributed by atoms with Crippen LogP contribution in [-0.2, 0) is 6.54 Å². The Hall–Kier alpha value is -1.62. The van der Waals surface area contributed by atoms with Gasteiger partial charge < -0.3 is 5.32 Å². The molecule has 0 saturated heterocycles. The predicted octanol–water partition coefficient (Wildman–Crippen LogP) is 2.75. The zero-order valence-corrected chi connectivity index (χ0v) is 12.4. The summed E-state index contributed by atoms with van der Waals surface area (Å²) in [7, 11) is 0. The second-order valence-electron chi connectivity index (χ2n) is 4.77. The zero-order chi connectivity index (χ0) is 14.0. The van der Waals surface area contributed by atoms with Crippen LogP contribution in [0.4, 0.5) is 5.82 Å². The monoisotopic (exact) mass is 279 g/mol. The lowest BCUT2D eigenvalue weighted by atomic mass is 10.3. The van der Waals surface area contributed by atoms with E-state index >= 15 is 0 Å². The molecule has 0 spiro atoms. The van der Waals surface area contributed by atoms with E-state index in [0.717, 1.165) is 17.9 Å². The number of nitrogens with one attached hydrogen (secondary N) is 1. The van der Waals surface area contributed by atoms with Crippen molar-refractivity contribution >= 4 is 17.4 Å². The number of nitrogens with zero attached hydrogens (tertiary/aromatic N) is 4. The number of rotatable bonds is 4. The molecule has 1 atom stereocenters. The smallest absolute Gasteiger partial charge is 0.148 e. The Morgan fingerprint density at radius 3 is 2.74 bits per heavy atom. The minimum Gasteiger partial charge on any atom is -0.364 e. The number of aryl methyl sites for hydroxylation is 3. The summed E-state index contributed by atoms with van der Waals surface area (Å²) in [6, 6.07) is 2.24. The summed E-state index contributed by atoms with van der Waals surface area (Å²) in [5, 5.41) is 8.27. The summed E-state index contributed by atoms with van der Waals surface area (Å²) in [5.41, 5.74) is 2.18. The third-order valence-corrected chi connectivity index (χ3v) is 3.07. The Morgan fingerprint density at radius 2 is 2.11 bits per heavy atom. The molecule has 0 amide bonds. The Morgan fingerprint density at radius 1 is 1.37 bits per heavy atom. The van der Waals surface area contributed by atoms with E-state index in [1.54, 1.807) is 6.20 Å². The Balaban J connectivity index is 2.07. The van der Waals surface area contributed by atoms with Gasteiger partial charge >= 0.3 is 0 Å². The van der Waals surface area contributed by atoms with E-state index in [1.165, 1.54) is 0 Å². The summed E-state index contributed by atoms with van der Waals surface area (Å²) in [5.74, 6) is 1.37. The lowest BCUT2D eigenvalue weighted by molar-refractivity contribution is 0.544. The molecule has 1 N–H and O–H groups in total. The van der Waals surface area contributed by atoms with Crippen LogP contribution in [0.25, 0.3) is 0 Å². The first-order valence-corrected chi connectivity index (χ1v) is 6.60. The maximum Gasteiger partial charge on any atom is 0.148 e. The molecule has 0 fully saturated rings. The van der Waals surface area contributed by atoms with E-state index in [-0.39, 0.29) is 6.04 Å². The van der Waals surface area contributed by atoms with Gasteiger partial charge in [-0.2, -0.15) is 5.10 Å². The molecule has 2 rings (SSSR count). The minimum absolute atomic E-state index is 0.171. The van der Waals surface area contributed by atoms with Crippen LogP contribution in [0.2, 0.25) is 5.02 Å². The minimum atomic E-state index is 0.171. The van der Waals surface area contributed by atoms with Gasteiger partial charge in [-0.05, 0) is 33.8 Å².